The van der Waals surface area contributed by atoms with Gasteiger partial charge in [0.05, 0.1) is 6.61 Å². The van der Waals surface area contributed by atoms with Gasteiger partial charge in [-0.15, -0.1) is 0 Å². The van der Waals surface area contributed by atoms with Crippen molar-refractivity contribution in [3.8, 4) is 5.75 Å². The molecule has 0 saturated heterocycles. The molecule has 0 radical (unpaired) electrons. The largest absolute Gasteiger partial charge is 0.493 e. The first-order chi connectivity index (χ1) is 9.38. The predicted octanol–water partition coefficient (Wildman–Crippen LogP) is 3.87. The Morgan fingerprint density at radius 1 is 1.05 bits per heavy atom. The van der Waals surface area contributed by atoms with Crippen molar-refractivity contribution in [2.45, 2.75) is 32.2 Å². The summed E-state index contributed by atoms with van der Waals surface area (Å²) in [4.78, 5) is 0. The molecule has 2 aromatic rings. The monoisotopic (exact) mass is 255 g/mol. The average Bonchev–Trinajstić information content (AvgIpc) is 2.41. The molecule has 0 spiro atoms. The van der Waals surface area contributed by atoms with E-state index in [0.717, 1.165) is 18.3 Å². The lowest BCUT2D eigenvalue weighted by atomic mass is 9.83. The zero-order valence-electron chi connectivity index (χ0n) is 11.3. The van der Waals surface area contributed by atoms with Crippen molar-refractivity contribution in [1.82, 2.24) is 0 Å². The van der Waals surface area contributed by atoms with Crippen LogP contribution in [0.4, 0.5) is 0 Å². The minimum absolute atomic E-state index is 0.572. The van der Waals surface area contributed by atoms with Crippen LogP contribution in [0.25, 0.3) is 10.8 Å². The molecule has 0 heterocycles. The summed E-state index contributed by atoms with van der Waals surface area (Å²) in [7, 11) is 0. The van der Waals surface area contributed by atoms with Gasteiger partial charge in [-0.2, -0.15) is 0 Å². The van der Waals surface area contributed by atoms with E-state index in [4.69, 9.17) is 10.5 Å². The van der Waals surface area contributed by atoms with E-state index in [1.807, 2.05) is 0 Å². The second kappa shape index (κ2) is 5.62. The van der Waals surface area contributed by atoms with Gasteiger partial charge in [0.15, 0.2) is 0 Å². The minimum atomic E-state index is 0.572. The van der Waals surface area contributed by atoms with E-state index in [-0.39, 0.29) is 0 Å². The first-order valence-corrected chi connectivity index (χ1v) is 7.22. The van der Waals surface area contributed by atoms with E-state index in [9.17, 15) is 0 Å². The van der Waals surface area contributed by atoms with Gasteiger partial charge in [0.1, 0.15) is 5.75 Å². The lowest BCUT2D eigenvalue weighted by Crippen LogP contribution is -2.14. The Balaban J connectivity index is 1.78. The zero-order chi connectivity index (χ0) is 13.1. The SMILES string of the molecule is NCc1ccc(OCCC2CCC2)c2ccccc12. The standard InChI is InChI=1S/C17H21NO/c18-12-14-8-9-17(16-7-2-1-6-15(14)16)19-11-10-13-4-3-5-13/h1-2,6-9,13H,3-5,10-12,18H2. The van der Waals surface area contributed by atoms with Crippen molar-refractivity contribution in [3.63, 3.8) is 0 Å². The summed E-state index contributed by atoms with van der Waals surface area (Å²) < 4.78 is 5.98. The quantitative estimate of drug-likeness (QED) is 0.880. The Bertz CT molecular complexity index is 560. The fourth-order valence-electron chi connectivity index (χ4n) is 2.75. The number of nitrogens with two attached hydrogens (primary N) is 1. The van der Waals surface area contributed by atoms with E-state index >= 15 is 0 Å². The molecule has 1 aliphatic carbocycles. The van der Waals surface area contributed by atoms with Gasteiger partial charge >= 0.3 is 0 Å². The van der Waals surface area contributed by atoms with Crippen molar-refractivity contribution in [2.24, 2.45) is 11.7 Å². The van der Waals surface area contributed by atoms with Crippen LogP contribution in [0, 0.1) is 5.92 Å². The summed E-state index contributed by atoms with van der Waals surface area (Å²) in [5.74, 6) is 1.89. The molecular formula is C17H21NO. The fourth-order valence-corrected chi connectivity index (χ4v) is 2.75. The van der Waals surface area contributed by atoms with Gasteiger partial charge < -0.3 is 10.5 Å². The Labute approximate surface area is 114 Å². The molecule has 0 aromatic heterocycles. The molecule has 0 atom stereocenters. The number of hydrogen-bond donors (Lipinski definition) is 1. The van der Waals surface area contributed by atoms with Crippen LogP contribution in [0.3, 0.4) is 0 Å². The zero-order valence-corrected chi connectivity index (χ0v) is 11.3. The third kappa shape index (κ3) is 2.59. The van der Waals surface area contributed by atoms with Crippen LogP contribution in [0.2, 0.25) is 0 Å². The van der Waals surface area contributed by atoms with Gasteiger partial charge in [0, 0.05) is 11.9 Å². The van der Waals surface area contributed by atoms with Gasteiger partial charge in [-0.1, -0.05) is 49.6 Å². The molecule has 2 aromatic carbocycles. The normalized spacial score (nSPS) is 15.4. The van der Waals surface area contributed by atoms with Gasteiger partial charge in [-0.05, 0) is 29.4 Å². The first-order valence-electron chi connectivity index (χ1n) is 7.22. The predicted molar refractivity (Wildman–Crippen MR) is 79.3 cm³/mol. The highest BCUT2D eigenvalue weighted by Crippen LogP contribution is 2.31. The van der Waals surface area contributed by atoms with E-state index in [1.165, 1.54) is 42.0 Å². The second-order valence-corrected chi connectivity index (χ2v) is 5.41. The van der Waals surface area contributed by atoms with Crippen molar-refractivity contribution >= 4 is 10.8 Å². The minimum Gasteiger partial charge on any atom is -0.493 e. The maximum Gasteiger partial charge on any atom is 0.127 e. The maximum absolute atomic E-state index is 5.98. The third-order valence-corrected chi connectivity index (χ3v) is 4.20. The Kier molecular flexibility index (Phi) is 3.69. The van der Waals surface area contributed by atoms with Gasteiger partial charge in [0.25, 0.3) is 0 Å². The van der Waals surface area contributed by atoms with Gasteiger partial charge in [0.2, 0.25) is 0 Å². The summed E-state index contributed by atoms with van der Waals surface area (Å²) in [6.07, 6.45) is 5.36. The maximum atomic E-state index is 5.98. The van der Waals surface area contributed by atoms with Gasteiger partial charge in [-0.3, -0.25) is 0 Å². The van der Waals surface area contributed by atoms with Crippen LogP contribution < -0.4 is 10.5 Å². The Morgan fingerprint density at radius 2 is 1.84 bits per heavy atom. The summed E-state index contributed by atoms with van der Waals surface area (Å²) in [5.41, 5.74) is 6.97. The summed E-state index contributed by atoms with van der Waals surface area (Å²) in [6, 6.07) is 12.5. The fraction of sp³-hybridized carbons (Fsp3) is 0.412. The van der Waals surface area contributed by atoms with Crippen LogP contribution in [0.5, 0.6) is 5.75 Å². The molecule has 0 amide bonds. The highest BCUT2D eigenvalue weighted by atomic mass is 16.5. The van der Waals surface area contributed by atoms with E-state index in [1.54, 1.807) is 0 Å². The lowest BCUT2D eigenvalue weighted by Gasteiger charge is -2.25. The molecule has 1 saturated carbocycles. The Morgan fingerprint density at radius 3 is 2.53 bits per heavy atom. The Hall–Kier alpha value is -1.54. The number of fused-ring (bicyclic) bond motifs is 1. The average molecular weight is 255 g/mol. The summed E-state index contributed by atoms with van der Waals surface area (Å²) >= 11 is 0. The molecule has 2 N–H and O–H groups in total. The molecule has 1 aliphatic rings. The van der Waals surface area contributed by atoms with Crippen molar-refractivity contribution < 1.29 is 4.74 Å². The molecule has 100 valence electrons. The summed E-state index contributed by atoms with van der Waals surface area (Å²) in [6.45, 7) is 1.40. The van der Waals surface area contributed by atoms with Crippen LogP contribution in [-0.2, 0) is 6.54 Å². The molecule has 3 rings (SSSR count). The highest BCUT2D eigenvalue weighted by molar-refractivity contribution is 5.91. The summed E-state index contributed by atoms with van der Waals surface area (Å²) in [5, 5.41) is 2.39. The van der Waals surface area contributed by atoms with E-state index in [2.05, 4.69) is 36.4 Å². The van der Waals surface area contributed by atoms with Crippen molar-refractivity contribution in [1.29, 1.82) is 0 Å². The molecule has 2 heteroatoms. The van der Waals surface area contributed by atoms with Crippen LogP contribution in [-0.4, -0.2) is 6.61 Å². The number of hydrogen-bond acceptors (Lipinski definition) is 2. The second-order valence-electron chi connectivity index (χ2n) is 5.41. The number of benzene rings is 2. The first kappa shape index (κ1) is 12.5. The van der Waals surface area contributed by atoms with Crippen LogP contribution in [0.15, 0.2) is 36.4 Å². The third-order valence-electron chi connectivity index (χ3n) is 4.20. The van der Waals surface area contributed by atoms with Crippen molar-refractivity contribution in [3.05, 3.63) is 42.0 Å². The highest BCUT2D eigenvalue weighted by Gasteiger charge is 2.17. The smallest absolute Gasteiger partial charge is 0.127 e. The van der Waals surface area contributed by atoms with E-state index < -0.39 is 0 Å². The molecule has 2 nitrogen and oxygen atoms in total. The molecule has 0 unspecified atom stereocenters. The van der Waals surface area contributed by atoms with E-state index in [0.29, 0.717) is 6.54 Å². The molecule has 0 aliphatic heterocycles. The molecule has 0 bridgehead atoms. The molecular weight excluding hydrogens is 234 g/mol. The molecule has 19 heavy (non-hydrogen) atoms. The van der Waals surface area contributed by atoms with Gasteiger partial charge in [-0.25, -0.2) is 0 Å². The lowest BCUT2D eigenvalue weighted by molar-refractivity contribution is 0.223. The number of rotatable bonds is 5. The number of ether oxygens (including phenoxy) is 1. The topological polar surface area (TPSA) is 35.2 Å². The van der Waals surface area contributed by atoms with Crippen LogP contribution in [0.1, 0.15) is 31.2 Å². The van der Waals surface area contributed by atoms with Crippen molar-refractivity contribution in [2.75, 3.05) is 6.61 Å². The molecule has 1 fully saturated rings. The van der Waals surface area contributed by atoms with Crippen LogP contribution >= 0.6 is 0 Å².